The Bertz CT molecular complexity index is 1440. The number of aryl methyl sites for hydroxylation is 2. The number of pyridine rings is 1. The van der Waals surface area contributed by atoms with Crippen molar-refractivity contribution in [2.75, 3.05) is 13.2 Å². The summed E-state index contributed by atoms with van der Waals surface area (Å²) in [6.07, 6.45) is 3.03. The third-order valence-electron chi connectivity index (χ3n) is 6.42. The molecule has 2 heterocycles. The zero-order valence-corrected chi connectivity index (χ0v) is 19.9. The lowest BCUT2D eigenvalue weighted by molar-refractivity contribution is 0.343. The molecule has 0 aliphatic heterocycles. The van der Waals surface area contributed by atoms with Gasteiger partial charge in [0.05, 0.1) is 12.3 Å². The van der Waals surface area contributed by atoms with E-state index in [4.69, 9.17) is 15.5 Å². The van der Waals surface area contributed by atoms with Gasteiger partial charge in [-0.3, -0.25) is 0 Å². The van der Waals surface area contributed by atoms with Gasteiger partial charge in [0.25, 0.3) is 0 Å². The number of H-pyrrole nitrogens is 1. The number of nitrogens with one attached hydrogen (secondary N) is 1. The van der Waals surface area contributed by atoms with Crippen molar-refractivity contribution in [1.29, 1.82) is 0 Å². The minimum Gasteiger partial charge on any atom is -0.492 e. The minimum absolute atomic E-state index is 0.614. The van der Waals surface area contributed by atoms with Crippen LogP contribution >= 0.6 is 0 Å². The highest BCUT2D eigenvalue weighted by molar-refractivity contribution is 6.02. The molecule has 0 saturated heterocycles. The Morgan fingerprint density at radius 1 is 0.882 bits per heavy atom. The molecule has 5 aromatic rings. The Labute approximate surface area is 200 Å². The molecule has 4 heteroatoms. The predicted molar refractivity (Wildman–Crippen MR) is 142 cm³/mol. The third-order valence-corrected chi connectivity index (χ3v) is 6.42. The highest BCUT2D eigenvalue weighted by Crippen LogP contribution is 2.39. The molecule has 0 unspecified atom stereocenters. The van der Waals surface area contributed by atoms with E-state index in [1.807, 2.05) is 13.8 Å². The van der Waals surface area contributed by atoms with Crippen LogP contribution in [0.2, 0.25) is 0 Å². The fraction of sp³-hybridized carbons (Fsp3) is 0.233. The van der Waals surface area contributed by atoms with Crippen molar-refractivity contribution in [3.8, 4) is 28.1 Å². The van der Waals surface area contributed by atoms with Crippen LogP contribution in [0.4, 0.5) is 0 Å². The molecule has 0 fully saturated rings. The molecule has 3 N–H and O–H groups in total. The quantitative estimate of drug-likeness (QED) is 0.250. The lowest BCUT2D eigenvalue weighted by Crippen LogP contribution is -2.00. The van der Waals surface area contributed by atoms with Gasteiger partial charge in [0.15, 0.2) is 0 Å². The van der Waals surface area contributed by atoms with Crippen LogP contribution in [-0.2, 0) is 6.42 Å². The van der Waals surface area contributed by atoms with E-state index in [1.165, 1.54) is 22.1 Å². The van der Waals surface area contributed by atoms with Crippen molar-refractivity contribution in [1.82, 2.24) is 9.97 Å². The number of fused-ring (bicyclic) bond motifs is 2. The van der Waals surface area contributed by atoms with Crippen molar-refractivity contribution in [3.05, 3.63) is 84.1 Å². The second-order valence-electron chi connectivity index (χ2n) is 8.74. The lowest BCUT2D eigenvalue weighted by atomic mass is 9.96. The van der Waals surface area contributed by atoms with Gasteiger partial charge in [-0.15, -0.1) is 0 Å². The summed E-state index contributed by atoms with van der Waals surface area (Å²) in [5, 5.41) is 2.38. The van der Waals surface area contributed by atoms with Crippen molar-refractivity contribution >= 4 is 21.8 Å². The first-order chi connectivity index (χ1) is 16.7. The van der Waals surface area contributed by atoms with E-state index in [9.17, 15) is 0 Å². The van der Waals surface area contributed by atoms with Crippen molar-refractivity contribution in [2.45, 2.75) is 33.1 Å². The van der Waals surface area contributed by atoms with E-state index in [2.05, 4.69) is 77.8 Å². The van der Waals surface area contributed by atoms with Gasteiger partial charge in [-0.2, -0.15) is 0 Å². The zero-order chi connectivity index (χ0) is 23.5. The standard InChI is InChI=1S/C30H31N3O/c1-3-34-28-17-15-24(25-14-12-20(2)32-30(25)28)29-23(11-7-8-18-31)26-19-22(13-16-27(26)33-29)21-9-5-4-6-10-21/h4-6,9-10,12-17,19,33H,3,7-8,11,18,31H2,1-2H3. The Morgan fingerprint density at radius 3 is 2.53 bits per heavy atom. The van der Waals surface area contributed by atoms with Crippen molar-refractivity contribution in [3.63, 3.8) is 0 Å². The van der Waals surface area contributed by atoms with E-state index in [0.29, 0.717) is 13.2 Å². The lowest BCUT2D eigenvalue weighted by Gasteiger charge is -2.13. The summed E-state index contributed by atoms with van der Waals surface area (Å²) in [5.41, 5.74) is 15.0. The first-order valence-electron chi connectivity index (χ1n) is 12.1. The number of ether oxygens (including phenoxy) is 1. The zero-order valence-electron chi connectivity index (χ0n) is 19.9. The number of aromatic nitrogens is 2. The van der Waals surface area contributed by atoms with Gasteiger partial charge in [-0.25, -0.2) is 4.98 Å². The number of nitrogens with zero attached hydrogens (tertiary/aromatic N) is 1. The van der Waals surface area contributed by atoms with Crippen LogP contribution in [0.15, 0.2) is 72.8 Å². The Morgan fingerprint density at radius 2 is 1.74 bits per heavy atom. The Balaban J connectivity index is 1.72. The summed E-state index contributed by atoms with van der Waals surface area (Å²) in [6, 6.07) is 25.7. The summed E-state index contributed by atoms with van der Waals surface area (Å²) in [6.45, 7) is 5.35. The van der Waals surface area contributed by atoms with Crippen LogP contribution in [-0.4, -0.2) is 23.1 Å². The summed E-state index contributed by atoms with van der Waals surface area (Å²) < 4.78 is 5.91. The highest BCUT2D eigenvalue weighted by atomic mass is 16.5. The molecule has 0 amide bonds. The number of hydrogen-bond acceptors (Lipinski definition) is 3. The number of rotatable bonds is 8. The molecule has 0 atom stereocenters. The van der Waals surface area contributed by atoms with Gasteiger partial charge >= 0.3 is 0 Å². The maximum atomic E-state index is 5.91. The maximum absolute atomic E-state index is 5.91. The van der Waals surface area contributed by atoms with Gasteiger partial charge in [0.2, 0.25) is 0 Å². The molecule has 5 rings (SSSR count). The molecule has 172 valence electrons. The van der Waals surface area contributed by atoms with Crippen LogP contribution in [0.5, 0.6) is 5.75 Å². The van der Waals surface area contributed by atoms with Gasteiger partial charge in [-0.05, 0) is 86.7 Å². The molecule has 0 radical (unpaired) electrons. The largest absolute Gasteiger partial charge is 0.492 e. The number of aromatic amines is 1. The summed E-state index contributed by atoms with van der Waals surface area (Å²) in [7, 11) is 0. The van der Waals surface area contributed by atoms with E-state index in [0.717, 1.165) is 58.4 Å². The SMILES string of the molecule is CCOc1ccc(-c2[nH]c3ccc(-c4ccccc4)cc3c2CCCCN)c2ccc(C)nc12. The van der Waals surface area contributed by atoms with Gasteiger partial charge in [0, 0.05) is 27.5 Å². The van der Waals surface area contributed by atoms with Crippen LogP contribution in [0, 0.1) is 6.92 Å². The first-order valence-corrected chi connectivity index (χ1v) is 12.1. The molecule has 0 spiro atoms. The van der Waals surface area contributed by atoms with Crippen molar-refractivity contribution in [2.24, 2.45) is 5.73 Å². The fourth-order valence-electron chi connectivity index (χ4n) is 4.77. The molecule has 0 aliphatic rings. The molecule has 0 aliphatic carbocycles. The van der Waals surface area contributed by atoms with Crippen LogP contribution < -0.4 is 10.5 Å². The average Bonchev–Trinajstić information content (AvgIpc) is 3.22. The van der Waals surface area contributed by atoms with E-state index in [-0.39, 0.29) is 0 Å². The Hall–Kier alpha value is -3.63. The molecule has 4 nitrogen and oxygen atoms in total. The highest BCUT2D eigenvalue weighted by Gasteiger charge is 2.18. The fourth-order valence-corrected chi connectivity index (χ4v) is 4.77. The Kier molecular flexibility index (Phi) is 6.33. The van der Waals surface area contributed by atoms with Crippen LogP contribution in [0.25, 0.3) is 44.2 Å². The molecular weight excluding hydrogens is 418 g/mol. The molecule has 34 heavy (non-hydrogen) atoms. The molecule has 2 aromatic heterocycles. The third kappa shape index (κ3) is 4.17. The molecular formula is C30H31N3O. The molecule has 0 bridgehead atoms. The summed E-state index contributed by atoms with van der Waals surface area (Å²) in [5.74, 6) is 0.831. The summed E-state index contributed by atoms with van der Waals surface area (Å²) >= 11 is 0. The predicted octanol–water partition coefficient (Wildman–Crippen LogP) is 7.04. The van der Waals surface area contributed by atoms with Crippen molar-refractivity contribution < 1.29 is 4.74 Å². The minimum atomic E-state index is 0.614. The van der Waals surface area contributed by atoms with Gasteiger partial charge in [0.1, 0.15) is 11.3 Å². The molecule has 0 saturated carbocycles. The maximum Gasteiger partial charge on any atom is 0.145 e. The molecule has 3 aromatic carbocycles. The average molecular weight is 450 g/mol. The topological polar surface area (TPSA) is 63.9 Å². The van der Waals surface area contributed by atoms with Crippen LogP contribution in [0.1, 0.15) is 31.0 Å². The second-order valence-corrected chi connectivity index (χ2v) is 8.74. The van der Waals surface area contributed by atoms with E-state index < -0.39 is 0 Å². The number of unbranched alkanes of at least 4 members (excludes halogenated alkanes) is 1. The monoisotopic (exact) mass is 449 g/mol. The van der Waals surface area contributed by atoms with E-state index in [1.54, 1.807) is 0 Å². The number of nitrogens with two attached hydrogens (primary N) is 1. The second kappa shape index (κ2) is 9.70. The normalized spacial score (nSPS) is 11.4. The number of hydrogen-bond donors (Lipinski definition) is 2. The van der Waals surface area contributed by atoms with E-state index >= 15 is 0 Å². The van der Waals surface area contributed by atoms with Gasteiger partial charge < -0.3 is 15.5 Å². The number of benzene rings is 3. The van der Waals surface area contributed by atoms with Gasteiger partial charge in [-0.1, -0.05) is 42.5 Å². The van der Waals surface area contributed by atoms with Crippen LogP contribution in [0.3, 0.4) is 0 Å². The smallest absolute Gasteiger partial charge is 0.145 e. The first kappa shape index (κ1) is 22.2. The summed E-state index contributed by atoms with van der Waals surface area (Å²) in [4.78, 5) is 8.58.